The molecule has 1 atom stereocenters. The number of hydrogen-bond donors (Lipinski definition) is 1. The number of rotatable bonds is 6. The molecule has 0 aliphatic heterocycles. The molecule has 0 radical (unpaired) electrons. The summed E-state index contributed by atoms with van der Waals surface area (Å²) in [5, 5.41) is 9.14. The maximum absolute atomic E-state index is 13.6. The van der Waals surface area contributed by atoms with Crippen molar-refractivity contribution in [1.29, 1.82) is 0 Å². The Balaban J connectivity index is 2.03. The molecular weight excluding hydrogens is 364 g/mol. The van der Waals surface area contributed by atoms with Gasteiger partial charge in [-0.2, -0.15) is 0 Å². The lowest BCUT2D eigenvalue weighted by molar-refractivity contribution is -0.00256. The molecule has 0 heterocycles. The Labute approximate surface area is 173 Å². The molecule has 1 N–H and O–H groups in total. The van der Waals surface area contributed by atoms with Crippen LogP contribution in [-0.2, 0) is 4.74 Å². The first-order chi connectivity index (χ1) is 13.5. The molecule has 1 unspecified atom stereocenters. The van der Waals surface area contributed by atoms with E-state index in [2.05, 4.69) is 33.8 Å². The zero-order chi connectivity index (χ0) is 21.4. The summed E-state index contributed by atoms with van der Waals surface area (Å²) in [5.41, 5.74) is 2.36. The molecule has 0 bridgehead atoms. The first kappa shape index (κ1) is 21.5. The standard InChI is InChI=1S/C25H32O4/c1-6-15-29-25(21(26)17-7-9-18(10-8-17)22(27)28)12-11-19-20(16-25)24(4,5)14-13-23(19,2)3/h7-12H,6,13-16H2,1-5H3,(H,27,28). The second-order valence-corrected chi connectivity index (χ2v) is 9.62. The highest BCUT2D eigenvalue weighted by molar-refractivity contribution is 6.05. The molecular formula is C25H32O4. The fourth-order valence-electron chi connectivity index (χ4n) is 4.50. The first-order valence-electron chi connectivity index (χ1n) is 10.5. The summed E-state index contributed by atoms with van der Waals surface area (Å²) in [5.74, 6) is -1.11. The van der Waals surface area contributed by atoms with Gasteiger partial charge >= 0.3 is 5.97 Å². The fraction of sp³-hybridized carbons (Fsp3) is 0.520. The number of carbonyl (C=O) groups excluding carboxylic acids is 1. The maximum atomic E-state index is 13.6. The van der Waals surface area contributed by atoms with Crippen LogP contribution in [0.1, 0.15) is 81.0 Å². The maximum Gasteiger partial charge on any atom is 0.335 e. The molecule has 4 heteroatoms. The summed E-state index contributed by atoms with van der Waals surface area (Å²) in [6.45, 7) is 11.6. The summed E-state index contributed by atoms with van der Waals surface area (Å²) in [6, 6.07) is 6.15. The lowest BCUT2D eigenvalue weighted by atomic mass is 9.59. The minimum atomic E-state index is -1.04. The van der Waals surface area contributed by atoms with Crippen LogP contribution in [0.2, 0.25) is 0 Å². The van der Waals surface area contributed by atoms with E-state index in [1.54, 1.807) is 12.1 Å². The molecule has 0 saturated carbocycles. The zero-order valence-corrected chi connectivity index (χ0v) is 18.2. The van der Waals surface area contributed by atoms with E-state index < -0.39 is 11.6 Å². The minimum Gasteiger partial charge on any atom is -0.478 e. The van der Waals surface area contributed by atoms with Crippen molar-refractivity contribution in [2.45, 2.75) is 65.9 Å². The van der Waals surface area contributed by atoms with Gasteiger partial charge in [0, 0.05) is 18.6 Å². The summed E-state index contributed by atoms with van der Waals surface area (Å²) >= 11 is 0. The van der Waals surface area contributed by atoms with Gasteiger partial charge < -0.3 is 9.84 Å². The van der Waals surface area contributed by atoms with Crippen molar-refractivity contribution in [1.82, 2.24) is 0 Å². The van der Waals surface area contributed by atoms with Gasteiger partial charge in [0.05, 0.1) is 5.56 Å². The van der Waals surface area contributed by atoms with Crippen LogP contribution in [0.5, 0.6) is 0 Å². The smallest absolute Gasteiger partial charge is 0.335 e. The molecule has 1 aromatic rings. The van der Waals surface area contributed by atoms with Gasteiger partial charge in [0.15, 0.2) is 11.4 Å². The minimum absolute atomic E-state index is 0.0177. The third-order valence-corrected chi connectivity index (χ3v) is 6.55. The normalized spacial score (nSPS) is 24.9. The van der Waals surface area contributed by atoms with Gasteiger partial charge in [-0.1, -0.05) is 58.4 Å². The molecule has 2 aliphatic carbocycles. The van der Waals surface area contributed by atoms with Crippen molar-refractivity contribution in [3.63, 3.8) is 0 Å². The van der Waals surface area contributed by atoms with Gasteiger partial charge in [0.25, 0.3) is 0 Å². The predicted molar refractivity (Wildman–Crippen MR) is 114 cm³/mol. The third-order valence-electron chi connectivity index (χ3n) is 6.55. The van der Waals surface area contributed by atoms with Gasteiger partial charge in [-0.15, -0.1) is 0 Å². The average molecular weight is 397 g/mol. The summed E-state index contributed by atoms with van der Waals surface area (Å²) in [6.07, 6.45) is 7.63. The van der Waals surface area contributed by atoms with Crippen molar-refractivity contribution in [3.8, 4) is 0 Å². The van der Waals surface area contributed by atoms with Gasteiger partial charge in [-0.25, -0.2) is 4.79 Å². The second-order valence-electron chi connectivity index (χ2n) is 9.62. The number of ether oxygens (including phenoxy) is 1. The highest BCUT2D eigenvalue weighted by atomic mass is 16.5. The molecule has 4 nitrogen and oxygen atoms in total. The zero-order valence-electron chi connectivity index (χ0n) is 18.2. The number of hydrogen-bond acceptors (Lipinski definition) is 3. The molecule has 1 aromatic carbocycles. The summed E-state index contributed by atoms with van der Waals surface area (Å²) in [7, 11) is 0. The van der Waals surface area contributed by atoms with E-state index >= 15 is 0 Å². The topological polar surface area (TPSA) is 63.6 Å². The lowest BCUT2D eigenvalue weighted by Crippen LogP contribution is -2.45. The van der Waals surface area contributed by atoms with Crippen LogP contribution >= 0.6 is 0 Å². The van der Waals surface area contributed by atoms with E-state index in [1.165, 1.54) is 23.3 Å². The van der Waals surface area contributed by atoms with Gasteiger partial charge in [0.2, 0.25) is 0 Å². The van der Waals surface area contributed by atoms with Crippen LogP contribution in [0.3, 0.4) is 0 Å². The highest BCUT2D eigenvalue weighted by Crippen LogP contribution is 2.54. The van der Waals surface area contributed by atoms with E-state index in [0.29, 0.717) is 18.6 Å². The number of allylic oxidation sites excluding steroid dienone is 2. The number of carbonyl (C=O) groups is 2. The van der Waals surface area contributed by atoms with Crippen LogP contribution < -0.4 is 0 Å². The van der Waals surface area contributed by atoms with Crippen LogP contribution in [-0.4, -0.2) is 29.1 Å². The molecule has 3 rings (SSSR count). The largest absolute Gasteiger partial charge is 0.478 e. The van der Waals surface area contributed by atoms with Gasteiger partial charge in [-0.05, 0) is 53.9 Å². The molecule has 0 saturated heterocycles. The van der Waals surface area contributed by atoms with Crippen LogP contribution in [0.25, 0.3) is 0 Å². The number of aromatic carboxylic acids is 1. The number of carboxylic acid groups (broad SMARTS) is 1. The molecule has 156 valence electrons. The monoisotopic (exact) mass is 396 g/mol. The van der Waals surface area contributed by atoms with E-state index in [1.807, 2.05) is 13.0 Å². The lowest BCUT2D eigenvalue weighted by Gasteiger charge is -2.47. The van der Waals surface area contributed by atoms with Crippen molar-refractivity contribution in [2.24, 2.45) is 10.8 Å². The Hall–Kier alpha value is -2.20. The second kappa shape index (κ2) is 7.56. The number of benzene rings is 1. The average Bonchev–Trinajstić information content (AvgIpc) is 2.69. The molecule has 0 fully saturated rings. The van der Waals surface area contributed by atoms with Crippen LogP contribution in [0.4, 0.5) is 0 Å². The number of ketones is 1. The Morgan fingerprint density at radius 2 is 1.59 bits per heavy atom. The third kappa shape index (κ3) is 3.95. The van der Waals surface area contributed by atoms with E-state index in [9.17, 15) is 9.59 Å². The number of Topliss-reactive ketones (excluding diaryl/α,β-unsaturated/α-hetero) is 1. The Bertz CT molecular complexity index is 871. The fourth-order valence-corrected chi connectivity index (χ4v) is 4.50. The molecule has 0 spiro atoms. The summed E-state index contributed by atoms with van der Waals surface area (Å²) in [4.78, 5) is 24.8. The predicted octanol–water partition coefficient (Wildman–Crippen LogP) is 5.84. The first-order valence-corrected chi connectivity index (χ1v) is 10.5. The molecule has 0 amide bonds. The van der Waals surface area contributed by atoms with Crippen molar-refractivity contribution >= 4 is 11.8 Å². The molecule has 2 aliphatic rings. The SMILES string of the molecule is CCCOC1(C(=O)c2ccc(C(=O)O)cc2)C=CC2=C(C1)C(C)(C)CCC2(C)C. The number of carboxylic acids is 1. The van der Waals surface area contributed by atoms with Crippen molar-refractivity contribution < 1.29 is 19.4 Å². The van der Waals surface area contributed by atoms with Crippen molar-refractivity contribution in [3.05, 3.63) is 58.7 Å². The van der Waals surface area contributed by atoms with E-state index in [0.717, 1.165) is 19.3 Å². The van der Waals surface area contributed by atoms with Crippen molar-refractivity contribution in [2.75, 3.05) is 6.61 Å². The highest BCUT2D eigenvalue weighted by Gasteiger charge is 2.47. The Morgan fingerprint density at radius 1 is 1.00 bits per heavy atom. The molecule has 0 aromatic heterocycles. The van der Waals surface area contributed by atoms with Gasteiger partial charge in [0.1, 0.15) is 0 Å². The van der Waals surface area contributed by atoms with E-state index in [4.69, 9.17) is 9.84 Å². The summed E-state index contributed by atoms with van der Waals surface area (Å²) < 4.78 is 6.24. The molecule has 29 heavy (non-hydrogen) atoms. The van der Waals surface area contributed by atoms with Crippen LogP contribution in [0.15, 0.2) is 47.6 Å². The van der Waals surface area contributed by atoms with E-state index in [-0.39, 0.29) is 22.2 Å². The van der Waals surface area contributed by atoms with Crippen LogP contribution in [0, 0.1) is 10.8 Å². The Kier molecular flexibility index (Phi) is 5.61. The Morgan fingerprint density at radius 3 is 2.17 bits per heavy atom. The van der Waals surface area contributed by atoms with Gasteiger partial charge in [-0.3, -0.25) is 4.79 Å². The quantitative estimate of drug-likeness (QED) is 0.614.